The van der Waals surface area contributed by atoms with Gasteiger partial charge in [-0.15, -0.1) is 0 Å². The van der Waals surface area contributed by atoms with E-state index in [1.165, 1.54) is 7.11 Å². The molecule has 1 N–H and O–H groups in total. The van der Waals surface area contributed by atoms with E-state index in [1.54, 1.807) is 12.1 Å². The van der Waals surface area contributed by atoms with Crippen LogP contribution in [-0.2, 0) is 9.53 Å². The minimum Gasteiger partial charge on any atom is -0.468 e. The molecule has 0 fully saturated rings. The smallest absolute Gasteiger partial charge is 0.321 e. The van der Waals surface area contributed by atoms with Gasteiger partial charge in [-0.25, -0.2) is 0 Å². The van der Waals surface area contributed by atoms with E-state index in [-0.39, 0.29) is 10.8 Å². The molecular formula is C10H11BrClNO2. The number of halogens is 2. The van der Waals surface area contributed by atoms with Crippen LogP contribution in [-0.4, -0.2) is 24.5 Å². The number of hydrogen-bond donors (Lipinski definition) is 1. The number of rotatable bonds is 4. The molecule has 1 aromatic rings. The molecule has 0 saturated carbocycles. The van der Waals surface area contributed by atoms with Gasteiger partial charge in [0, 0.05) is 17.3 Å². The molecule has 0 heterocycles. The number of alkyl halides is 1. The Kier molecular flexibility index (Phi) is 4.91. The largest absolute Gasteiger partial charge is 0.468 e. The molecule has 0 aliphatic rings. The maximum Gasteiger partial charge on any atom is 0.321 e. The molecule has 82 valence electrons. The Morgan fingerprint density at radius 1 is 1.53 bits per heavy atom. The summed E-state index contributed by atoms with van der Waals surface area (Å²) < 4.78 is 4.57. The van der Waals surface area contributed by atoms with E-state index in [1.807, 2.05) is 12.1 Å². The third kappa shape index (κ3) is 4.10. The predicted octanol–water partition coefficient (Wildman–Crippen LogP) is 2.69. The van der Waals surface area contributed by atoms with Crippen molar-refractivity contribution in [1.29, 1.82) is 0 Å². The summed E-state index contributed by atoms with van der Waals surface area (Å²) >= 11 is 8.95. The van der Waals surface area contributed by atoms with Crippen molar-refractivity contribution >= 4 is 39.2 Å². The van der Waals surface area contributed by atoms with Gasteiger partial charge in [0.25, 0.3) is 0 Å². The van der Waals surface area contributed by atoms with Crippen molar-refractivity contribution in [3.8, 4) is 0 Å². The lowest BCUT2D eigenvalue weighted by atomic mass is 10.3. The minimum absolute atomic E-state index is 0.295. The van der Waals surface area contributed by atoms with Crippen molar-refractivity contribution in [3.63, 3.8) is 0 Å². The van der Waals surface area contributed by atoms with Gasteiger partial charge in [0.05, 0.1) is 7.11 Å². The first-order valence-electron chi connectivity index (χ1n) is 4.35. The van der Waals surface area contributed by atoms with E-state index in [0.29, 0.717) is 11.6 Å². The highest BCUT2D eigenvalue weighted by molar-refractivity contribution is 9.10. The summed E-state index contributed by atoms with van der Waals surface area (Å²) in [5.41, 5.74) is 0.910. The summed E-state index contributed by atoms with van der Waals surface area (Å²) in [6.45, 7) is 0.467. The molecule has 15 heavy (non-hydrogen) atoms. The van der Waals surface area contributed by atoms with Crippen LogP contribution in [0.4, 0.5) is 5.69 Å². The Balaban J connectivity index is 2.43. The Morgan fingerprint density at radius 3 is 2.67 bits per heavy atom. The highest BCUT2D eigenvalue weighted by Crippen LogP contribution is 2.14. The fraction of sp³-hybridized carbons (Fsp3) is 0.300. The van der Waals surface area contributed by atoms with Crippen molar-refractivity contribution in [2.45, 2.75) is 4.83 Å². The lowest BCUT2D eigenvalue weighted by molar-refractivity contribution is -0.139. The second kappa shape index (κ2) is 5.98. The first-order chi connectivity index (χ1) is 7.13. The molecule has 0 radical (unpaired) electrons. The number of benzene rings is 1. The minimum atomic E-state index is -0.349. The third-order valence-electron chi connectivity index (χ3n) is 1.79. The monoisotopic (exact) mass is 291 g/mol. The first-order valence-corrected chi connectivity index (χ1v) is 5.64. The number of esters is 1. The molecule has 3 nitrogen and oxygen atoms in total. The predicted molar refractivity (Wildman–Crippen MR) is 64.7 cm³/mol. The third-order valence-corrected chi connectivity index (χ3v) is 2.74. The molecule has 0 aromatic heterocycles. The Morgan fingerprint density at radius 2 is 2.13 bits per heavy atom. The average Bonchev–Trinajstić information content (AvgIpc) is 2.26. The second-order valence-corrected chi connectivity index (χ2v) is 4.42. The van der Waals surface area contributed by atoms with Gasteiger partial charge in [0.2, 0.25) is 0 Å². The van der Waals surface area contributed by atoms with Gasteiger partial charge >= 0.3 is 5.97 Å². The number of hydrogen-bond acceptors (Lipinski definition) is 3. The maximum absolute atomic E-state index is 11.1. The van der Waals surface area contributed by atoms with Gasteiger partial charge < -0.3 is 10.1 Å². The number of methoxy groups -OCH3 is 1. The van der Waals surface area contributed by atoms with Crippen molar-refractivity contribution in [3.05, 3.63) is 29.3 Å². The average molecular weight is 293 g/mol. The summed E-state index contributed by atoms with van der Waals surface area (Å²) in [7, 11) is 1.36. The fourth-order valence-electron chi connectivity index (χ4n) is 0.986. The van der Waals surface area contributed by atoms with E-state index in [9.17, 15) is 4.79 Å². The van der Waals surface area contributed by atoms with Crippen LogP contribution >= 0.6 is 27.5 Å². The van der Waals surface area contributed by atoms with Gasteiger partial charge in [0.15, 0.2) is 0 Å². The molecule has 0 spiro atoms. The maximum atomic E-state index is 11.1. The summed E-state index contributed by atoms with van der Waals surface area (Å²) in [6.07, 6.45) is 0. The van der Waals surface area contributed by atoms with Crippen LogP contribution in [0.15, 0.2) is 24.3 Å². The van der Waals surface area contributed by atoms with Gasteiger partial charge in [-0.1, -0.05) is 27.5 Å². The standard InChI is InChI=1S/C10H11BrClNO2/c1-15-10(14)9(11)6-13-8-4-2-7(12)3-5-8/h2-5,9,13H,6H2,1H3. The Labute approximate surface area is 102 Å². The summed E-state index contributed by atoms with van der Waals surface area (Å²) in [6, 6.07) is 7.26. The molecule has 1 aromatic carbocycles. The van der Waals surface area contributed by atoms with Crippen LogP contribution in [0.3, 0.4) is 0 Å². The lowest BCUT2D eigenvalue weighted by Gasteiger charge is -2.10. The molecule has 0 aliphatic carbocycles. The highest BCUT2D eigenvalue weighted by atomic mass is 79.9. The van der Waals surface area contributed by atoms with Crippen LogP contribution in [0.1, 0.15) is 0 Å². The van der Waals surface area contributed by atoms with Crippen LogP contribution < -0.4 is 5.32 Å². The summed E-state index contributed by atoms with van der Waals surface area (Å²) in [5.74, 6) is -0.295. The van der Waals surface area contributed by atoms with Crippen LogP contribution in [0.2, 0.25) is 5.02 Å². The van der Waals surface area contributed by atoms with E-state index >= 15 is 0 Å². The van der Waals surface area contributed by atoms with Gasteiger partial charge in [0.1, 0.15) is 4.83 Å². The van der Waals surface area contributed by atoms with Gasteiger partial charge in [-0.3, -0.25) is 4.79 Å². The number of ether oxygens (including phenoxy) is 1. The zero-order valence-electron chi connectivity index (χ0n) is 8.17. The van der Waals surface area contributed by atoms with Crippen molar-refractivity contribution in [2.24, 2.45) is 0 Å². The van der Waals surface area contributed by atoms with E-state index in [4.69, 9.17) is 11.6 Å². The number of carbonyl (C=O) groups is 1. The normalized spacial score (nSPS) is 11.9. The Hall–Kier alpha value is -0.740. The van der Waals surface area contributed by atoms with Gasteiger partial charge in [-0.05, 0) is 24.3 Å². The molecule has 0 amide bonds. The first kappa shape index (κ1) is 12.3. The van der Waals surface area contributed by atoms with Crippen LogP contribution in [0.5, 0.6) is 0 Å². The lowest BCUT2D eigenvalue weighted by Crippen LogP contribution is -2.24. The molecular weight excluding hydrogens is 281 g/mol. The summed E-state index contributed by atoms with van der Waals surface area (Å²) in [4.78, 5) is 10.7. The molecule has 0 aliphatic heterocycles. The van der Waals surface area contributed by atoms with Crippen molar-refractivity contribution < 1.29 is 9.53 Å². The van der Waals surface area contributed by atoms with Crippen LogP contribution in [0.25, 0.3) is 0 Å². The number of carbonyl (C=O) groups excluding carboxylic acids is 1. The SMILES string of the molecule is COC(=O)C(Br)CNc1ccc(Cl)cc1. The van der Waals surface area contributed by atoms with Crippen LogP contribution in [0, 0.1) is 0 Å². The van der Waals surface area contributed by atoms with Crippen molar-refractivity contribution in [2.75, 3.05) is 19.0 Å². The molecule has 1 rings (SSSR count). The summed E-state index contributed by atoms with van der Waals surface area (Å²) in [5, 5.41) is 3.76. The molecule has 1 unspecified atom stereocenters. The zero-order valence-corrected chi connectivity index (χ0v) is 10.5. The number of anilines is 1. The fourth-order valence-corrected chi connectivity index (χ4v) is 1.46. The Bertz CT molecular complexity index is 329. The second-order valence-electron chi connectivity index (χ2n) is 2.88. The molecule has 0 saturated heterocycles. The van der Waals surface area contributed by atoms with Gasteiger partial charge in [-0.2, -0.15) is 0 Å². The van der Waals surface area contributed by atoms with E-state index < -0.39 is 0 Å². The topological polar surface area (TPSA) is 38.3 Å². The molecule has 5 heteroatoms. The molecule has 1 atom stereocenters. The molecule has 0 bridgehead atoms. The van der Waals surface area contributed by atoms with E-state index in [0.717, 1.165) is 5.69 Å². The highest BCUT2D eigenvalue weighted by Gasteiger charge is 2.14. The number of nitrogens with one attached hydrogen (secondary N) is 1. The van der Waals surface area contributed by atoms with Crippen molar-refractivity contribution in [1.82, 2.24) is 0 Å². The zero-order chi connectivity index (χ0) is 11.3. The quantitative estimate of drug-likeness (QED) is 0.685. The van der Waals surface area contributed by atoms with E-state index in [2.05, 4.69) is 26.0 Å².